The van der Waals surface area contributed by atoms with Crippen molar-refractivity contribution in [2.75, 3.05) is 36.6 Å². The molecule has 0 unspecified atom stereocenters. The number of ether oxygens (including phenoxy) is 1. The van der Waals surface area contributed by atoms with Crippen LogP contribution in [0.4, 0.5) is 11.6 Å². The number of nitrogens with zero attached hydrogens (tertiary/aromatic N) is 7. The van der Waals surface area contributed by atoms with Crippen molar-refractivity contribution in [1.29, 1.82) is 0 Å². The van der Waals surface area contributed by atoms with Crippen LogP contribution in [0.1, 0.15) is 25.6 Å². The number of hydrogen-bond donors (Lipinski definition) is 2. The first kappa shape index (κ1) is 32.6. The lowest BCUT2D eigenvalue weighted by Crippen LogP contribution is -2.42. The van der Waals surface area contributed by atoms with E-state index in [0.29, 0.717) is 35.4 Å². The lowest BCUT2D eigenvalue weighted by Gasteiger charge is -2.30. The molecule has 1 fully saturated rings. The molecule has 4 aromatic rings. The van der Waals surface area contributed by atoms with Crippen LogP contribution in [0.25, 0.3) is 11.0 Å². The van der Waals surface area contributed by atoms with Crippen LogP contribution in [0.15, 0.2) is 58.6 Å². The lowest BCUT2D eigenvalue weighted by atomic mass is 10.1. The van der Waals surface area contributed by atoms with Gasteiger partial charge in [0, 0.05) is 42.5 Å². The topological polar surface area (TPSA) is 217 Å². The van der Waals surface area contributed by atoms with Crippen LogP contribution < -0.4 is 16.2 Å². The summed E-state index contributed by atoms with van der Waals surface area (Å²) < 4.78 is 57.6. The fourth-order valence-corrected chi connectivity index (χ4v) is 6.73. The minimum atomic E-state index is -4.13. The summed E-state index contributed by atoms with van der Waals surface area (Å²) in [6, 6.07) is 8.08. The van der Waals surface area contributed by atoms with E-state index in [-0.39, 0.29) is 53.6 Å². The van der Waals surface area contributed by atoms with E-state index in [1.54, 1.807) is 13.0 Å². The van der Waals surface area contributed by atoms with Crippen molar-refractivity contribution in [2.24, 2.45) is 0 Å². The van der Waals surface area contributed by atoms with Gasteiger partial charge in [-0.3, -0.25) is 19.0 Å². The molecule has 0 bridgehead atoms. The molecule has 2 N–H and O–H groups in total. The van der Waals surface area contributed by atoms with E-state index < -0.39 is 37.5 Å². The van der Waals surface area contributed by atoms with Gasteiger partial charge < -0.3 is 15.4 Å². The van der Waals surface area contributed by atoms with Crippen LogP contribution >= 0.6 is 0 Å². The molecule has 5 rings (SSSR count). The second-order valence-electron chi connectivity index (χ2n) is 10.4. The van der Waals surface area contributed by atoms with Gasteiger partial charge in [0.1, 0.15) is 24.9 Å². The van der Waals surface area contributed by atoms with E-state index in [0.717, 1.165) is 6.33 Å². The zero-order chi connectivity index (χ0) is 33.1. The first-order valence-corrected chi connectivity index (χ1v) is 17.4. The summed E-state index contributed by atoms with van der Waals surface area (Å²) in [7, 11) is -7.40. The third kappa shape index (κ3) is 7.54. The van der Waals surface area contributed by atoms with Crippen molar-refractivity contribution >= 4 is 54.6 Å². The van der Waals surface area contributed by atoms with Gasteiger partial charge in [-0.05, 0) is 50.1 Å². The van der Waals surface area contributed by atoms with Gasteiger partial charge in [-0.1, -0.05) is 0 Å². The molecule has 3 aromatic heterocycles. The Balaban J connectivity index is 1.25. The predicted octanol–water partition coefficient (Wildman–Crippen LogP) is 0.200. The molecule has 0 radical (unpaired) electrons. The number of benzene rings is 1. The number of carbonyl (C=O) groups excluding carboxylic acids is 2. The number of amides is 1. The zero-order valence-electron chi connectivity index (χ0n) is 24.9. The summed E-state index contributed by atoms with van der Waals surface area (Å²) >= 11 is 0. The Labute approximate surface area is 263 Å². The molecule has 19 heteroatoms. The quantitative estimate of drug-likeness (QED) is 0.204. The van der Waals surface area contributed by atoms with Crippen LogP contribution in [-0.2, 0) is 47.3 Å². The van der Waals surface area contributed by atoms with E-state index in [9.17, 15) is 31.2 Å². The molecule has 1 saturated heterocycles. The molecule has 0 spiro atoms. The lowest BCUT2D eigenvalue weighted by molar-refractivity contribution is -0.142. The van der Waals surface area contributed by atoms with Crippen molar-refractivity contribution in [3.63, 3.8) is 0 Å². The van der Waals surface area contributed by atoms with Gasteiger partial charge in [0.05, 0.1) is 17.8 Å². The molecular formula is C27H31N9O8S2. The van der Waals surface area contributed by atoms with Gasteiger partial charge in [0.2, 0.25) is 21.9 Å². The highest BCUT2D eigenvalue weighted by atomic mass is 32.2. The molecular weight excluding hydrogens is 642 g/mol. The van der Waals surface area contributed by atoms with Crippen LogP contribution in [0.2, 0.25) is 0 Å². The Morgan fingerprint density at radius 1 is 1.02 bits per heavy atom. The van der Waals surface area contributed by atoms with E-state index in [2.05, 4.69) is 30.7 Å². The smallest absolute Gasteiger partial charge is 0.313 e. The third-order valence-electron chi connectivity index (χ3n) is 7.09. The van der Waals surface area contributed by atoms with Crippen LogP contribution in [0, 0.1) is 0 Å². The second-order valence-corrected chi connectivity index (χ2v) is 14.2. The Bertz CT molecular complexity index is 2040. The van der Waals surface area contributed by atoms with Crippen molar-refractivity contribution in [1.82, 2.24) is 33.0 Å². The highest BCUT2D eigenvalue weighted by molar-refractivity contribution is 7.89. The summed E-state index contributed by atoms with van der Waals surface area (Å²) in [5, 5.41) is 10.2. The number of pyridine rings is 1. The Morgan fingerprint density at radius 3 is 2.41 bits per heavy atom. The maximum absolute atomic E-state index is 13.0. The molecule has 1 aliphatic rings. The molecule has 1 aliphatic heterocycles. The van der Waals surface area contributed by atoms with Crippen LogP contribution in [0.5, 0.6) is 0 Å². The van der Waals surface area contributed by atoms with Crippen molar-refractivity contribution < 1.29 is 31.2 Å². The van der Waals surface area contributed by atoms with E-state index >= 15 is 0 Å². The minimum absolute atomic E-state index is 0.0160. The number of nitrogens with one attached hydrogen (secondary N) is 2. The predicted molar refractivity (Wildman–Crippen MR) is 165 cm³/mol. The maximum atomic E-state index is 13.0. The first-order valence-electron chi connectivity index (χ1n) is 14.1. The Hall–Kier alpha value is -4.75. The molecule has 0 saturated carbocycles. The molecule has 1 aromatic carbocycles. The van der Waals surface area contributed by atoms with Gasteiger partial charge in [-0.2, -0.15) is 13.4 Å². The van der Waals surface area contributed by atoms with Crippen molar-refractivity contribution in [3.05, 3.63) is 65.1 Å². The van der Waals surface area contributed by atoms with Crippen molar-refractivity contribution in [2.45, 2.75) is 43.7 Å². The van der Waals surface area contributed by atoms with Gasteiger partial charge in [-0.25, -0.2) is 22.7 Å². The number of hydrogen-bond acceptors (Lipinski definition) is 13. The largest absolute Gasteiger partial charge is 0.466 e. The molecule has 46 heavy (non-hydrogen) atoms. The Morgan fingerprint density at radius 2 is 1.74 bits per heavy atom. The number of sulfonamides is 1. The summed E-state index contributed by atoms with van der Waals surface area (Å²) in [6.07, 6.45) is 4.50. The minimum Gasteiger partial charge on any atom is -0.466 e. The SMILES string of the molecule is CCOC(=O)Cc1ncn(S(=O)(=O)c2ccc(NC(=O)Cn3c(=O)ccc4cnc(NC5CCN(S(C)(=O)=O)CC5)nc43)cc2)n1. The highest BCUT2D eigenvalue weighted by Gasteiger charge is 2.25. The standard InChI is InChI=1S/C27H31N9O8S2/c1-3-44-25(39)14-22-29-17-36(33-22)46(42,43)21-7-5-19(6-8-21)30-23(37)16-35-24(38)9-4-18-15-28-27(32-26(18)35)31-20-10-12-34(13-11-20)45(2,40)41/h4-9,15,17,20H,3,10-14,16H2,1-2H3,(H,30,37)(H,28,31,32). The van der Waals surface area contributed by atoms with Crippen LogP contribution in [0.3, 0.4) is 0 Å². The average molecular weight is 674 g/mol. The molecule has 244 valence electrons. The number of anilines is 2. The number of esters is 1. The number of piperidine rings is 1. The number of fused-ring (bicyclic) bond motifs is 1. The van der Waals surface area contributed by atoms with Crippen molar-refractivity contribution in [3.8, 4) is 0 Å². The van der Waals surface area contributed by atoms with E-state index in [1.807, 2.05) is 0 Å². The summed E-state index contributed by atoms with van der Waals surface area (Å²) in [5.41, 5.74) is 0.0342. The fraction of sp³-hybridized carbons (Fsp3) is 0.370. The zero-order valence-corrected chi connectivity index (χ0v) is 26.5. The second kappa shape index (κ2) is 13.3. The first-order chi connectivity index (χ1) is 21.8. The fourth-order valence-electron chi connectivity index (χ4n) is 4.79. The maximum Gasteiger partial charge on any atom is 0.313 e. The van der Waals surface area contributed by atoms with E-state index in [4.69, 9.17) is 4.74 Å². The average Bonchev–Trinajstić information content (AvgIpc) is 3.48. The molecule has 0 aliphatic carbocycles. The van der Waals surface area contributed by atoms with Gasteiger partial charge in [0.25, 0.3) is 15.6 Å². The monoisotopic (exact) mass is 673 g/mol. The summed E-state index contributed by atoms with van der Waals surface area (Å²) in [5.74, 6) is -0.927. The highest BCUT2D eigenvalue weighted by Crippen LogP contribution is 2.19. The molecule has 1 amide bonds. The number of rotatable bonds is 11. The summed E-state index contributed by atoms with van der Waals surface area (Å²) in [4.78, 5) is 49.9. The van der Waals surface area contributed by atoms with E-state index in [1.165, 1.54) is 51.7 Å². The number of aromatic nitrogens is 6. The van der Waals surface area contributed by atoms with Gasteiger partial charge in [0.15, 0.2) is 5.82 Å². The molecule has 17 nitrogen and oxygen atoms in total. The van der Waals surface area contributed by atoms with Gasteiger partial charge >= 0.3 is 5.97 Å². The summed E-state index contributed by atoms with van der Waals surface area (Å²) in [6.45, 7) is 2.15. The Kier molecular flexibility index (Phi) is 9.44. The third-order valence-corrected chi connectivity index (χ3v) is 9.93. The molecule has 0 atom stereocenters. The molecule has 4 heterocycles. The normalized spacial score (nSPS) is 14.7. The number of carbonyl (C=O) groups is 2. The van der Waals surface area contributed by atoms with Gasteiger partial charge in [-0.15, -0.1) is 9.19 Å². The van der Waals surface area contributed by atoms with Crippen LogP contribution in [-0.4, -0.2) is 93.7 Å².